The van der Waals surface area contributed by atoms with Crippen LogP contribution in [-0.2, 0) is 4.74 Å². The molecule has 2 saturated heterocycles. The monoisotopic (exact) mass is 240 g/mol. The Morgan fingerprint density at radius 3 is 2.82 bits per heavy atom. The SMILES string of the molecule is CN1CCCCC1CCOCCC1CCNC1. The van der Waals surface area contributed by atoms with Crippen LogP contribution in [0.25, 0.3) is 0 Å². The summed E-state index contributed by atoms with van der Waals surface area (Å²) in [6.45, 7) is 5.60. The fourth-order valence-corrected chi connectivity index (χ4v) is 3.04. The zero-order valence-corrected chi connectivity index (χ0v) is 11.3. The Bertz CT molecular complexity index is 204. The van der Waals surface area contributed by atoms with Crippen LogP contribution in [0.15, 0.2) is 0 Å². The Morgan fingerprint density at radius 1 is 1.18 bits per heavy atom. The molecule has 0 aromatic heterocycles. The molecule has 2 aliphatic rings. The number of nitrogens with zero attached hydrogens (tertiary/aromatic N) is 1. The first-order chi connectivity index (χ1) is 8.36. The molecule has 2 heterocycles. The first-order valence-electron chi connectivity index (χ1n) is 7.35. The van der Waals surface area contributed by atoms with Crippen LogP contribution in [0, 0.1) is 5.92 Å². The predicted molar refractivity (Wildman–Crippen MR) is 71.3 cm³/mol. The zero-order valence-electron chi connectivity index (χ0n) is 11.3. The molecule has 2 atom stereocenters. The van der Waals surface area contributed by atoms with Crippen LogP contribution in [0.2, 0.25) is 0 Å². The quantitative estimate of drug-likeness (QED) is 0.717. The number of hydrogen-bond acceptors (Lipinski definition) is 3. The van der Waals surface area contributed by atoms with Crippen molar-refractivity contribution < 1.29 is 4.74 Å². The van der Waals surface area contributed by atoms with E-state index in [-0.39, 0.29) is 0 Å². The van der Waals surface area contributed by atoms with Gasteiger partial charge in [-0.25, -0.2) is 0 Å². The minimum atomic E-state index is 0.775. The highest BCUT2D eigenvalue weighted by molar-refractivity contribution is 4.74. The third-order valence-electron chi connectivity index (χ3n) is 4.35. The molecule has 2 unspecified atom stereocenters. The lowest BCUT2D eigenvalue weighted by Crippen LogP contribution is -2.36. The van der Waals surface area contributed by atoms with Gasteiger partial charge in [0, 0.05) is 19.3 Å². The standard InChI is InChI=1S/C14H28N2O/c1-16-9-3-2-4-14(16)7-11-17-10-6-13-5-8-15-12-13/h13-15H,2-12H2,1H3. The molecule has 3 nitrogen and oxygen atoms in total. The molecule has 0 saturated carbocycles. The molecule has 0 bridgehead atoms. The second-order valence-electron chi connectivity index (χ2n) is 5.68. The van der Waals surface area contributed by atoms with Crippen molar-refractivity contribution in [2.75, 3.05) is 39.9 Å². The number of piperidine rings is 1. The third kappa shape index (κ3) is 4.57. The number of likely N-dealkylation sites (tertiary alicyclic amines) is 1. The van der Waals surface area contributed by atoms with Gasteiger partial charge < -0.3 is 15.0 Å². The van der Waals surface area contributed by atoms with Gasteiger partial charge in [-0.15, -0.1) is 0 Å². The average Bonchev–Trinajstić information content (AvgIpc) is 2.84. The summed E-state index contributed by atoms with van der Waals surface area (Å²) in [7, 11) is 2.26. The maximum Gasteiger partial charge on any atom is 0.0480 e. The van der Waals surface area contributed by atoms with Crippen molar-refractivity contribution in [3.63, 3.8) is 0 Å². The van der Waals surface area contributed by atoms with Crippen molar-refractivity contribution in [3.05, 3.63) is 0 Å². The molecule has 0 aromatic carbocycles. The van der Waals surface area contributed by atoms with E-state index in [1.54, 1.807) is 0 Å². The van der Waals surface area contributed by atoms with Gasteiger partial charge in [0.1, 0.15) is 0 Å². The molecule has 0 spiro atoms. The summed E-state index contributed by atoms with van der Waals surface area (Å²) in [5, 5.41) is 3.41. The van der Waals surface area contributed by atoms with E-state index in [9.17, 15) is 0 Å². The van der Waals surface area contributed by atoms with Gasteiger partial charge in [0.15, 0.2) is 0 Å². The van der Waals surface area contributed by atoms with Crippen LogP contribution in [0.1, 0.15) is 38.5 Å². The van der Waals surface area contributed by atoms with Gasteiger partial charge in [0.2, 0.25) is 0 Å². The van der Waals surface area contributed by atoms with E-state index in [1.165, 1.54) is 58.2 Å². The highest BCUT2D eigenvalue weighted by Crippen LogP contribution is 2.18. The van der Waals surface area contributed by atoms with Gasteiger partial charge in [-0.2, -0.15) is 0 Å². The largest absolute Gasteiger partial charge is 0.381 e. The Kier molecular flexibility index (Phi) is 5.75. The highest BCUT2D eigenvalue weighted by Gasteiger charge is 2.18. The summed E-state index contributed by atoms with van der Waals surface area (Å²) < 4.78 is 5.79. The molecule has 3 heteroatoms. The summed E-state index contributed by atoms with van der Waals surface area (Å²) in [4.78, 5) is 2.51. The first-order valence-corrected chi connectivity index (χ1v) is 7.35. The van der Waals surface area contributed by atoms with Crippen LogP contribution in [-0.4, -0.2) is 50.8 Å². The van der Waals surface area contributed by atoms with Crippen molar-refractivity contribution in [2.24, 2.45) is 5.92 Å². The second-order valence-corrected chi connectivity index (χ2v) is 5.68. The lowest BCUT2D eigenvalue weighted by atomic mass is 10.0. The van der Waals surface area contributed by atoms with Gasteiger partial charge >= 0.3 is 0 Å². The third-order valence-corrected chi connectivity index (χ3v) is 4.35. The summed E-state index contributed by atoms with van der Waals surface area (Å²) in [6.07, 6.45) is 7.96. The number of hydrogen-bond donors (Lipinski definition) is 1. The molecule has 2 rings (SSSR count). The Morgan fingerprint density at radius 2 is 2.06 bits per heavy atom. The number of nitrogens with one attached hydrogen (secondary N) is 1. The Labute approximate surface area is 106 Å². The van der Waals surface area contributed by atoms with Crippen LogP contribution in [0.5, 0.6) is 0 Å². The fourth-order valence-electron chi connectivity index (χ4n) is 3.04. The maximum atomic E-state index is 5.79. The minimum Gasteiger partial charge on any atom is -0.381 e. The average molecular weight is 240 g/mol. The van der Waals surface area contributed by atoms with Gasteiger partial charge in [-0.1, -0.05) is 6.42 Å². The molecule has 100 valence electrons. The molecule has 0 radical (unpaired) electrons. The van der Waals surface area contributed by atoms with E-state index in [4.69, 9.17) is 4.74 Å². The van der Waals surface area contributed by atoms with Gasteiger partial charge in [0.05, 0.1) is 0 Å². The Hall–Kier alpha value is -0.120. The predicted octanol–water partition coefficient (Wildman–Crippen LogP) is 1.88. The first kappa shape index (κ1) is 13.3. The molecule has 2 aliphatic heterocycles. The molecular formula is C14H28N2O. The second kappa shape index (κ2) is 7.34. The zero-order chi connectivity index (χ0) is 11.9. The summed E-state index contributed by atoms with van der Waals surface area (Å²) in [6, 6.07) is 0.775. The minimum absolute atomic E-state index is 0.775. The van der Waals surface area contributed by atoms with Crippen molar-refractivity contribution in [1.82, 2.24) is 10.2 Å². The van der Waals surface area contributed by atoms with Crippen molar-refractivity contribution in [2.45, 2.75) is 44.6 Å². The normalized spacial score (nSPS) is 30.9. The van der Waals surface area contributed by atoms with E-state index in [2.05, 4.69) is 17.3 Å². The van der Waals surface area contributed by atoms with Crippen molar-refractivity contribution in [1.29, 1.82) is 0 Å². The van der Waals surface area contributed by atoms with E-state index >= 15 is 0 Å². The summed E-state index contributed by atoms with van der Waals surface area (Å²) in [5.41, 5.74) is 0. The van der Waals surface area contributed by atoms with Gasteiger partial charge in [0.25, 0.3) is 0 Å². The van der Waals surface area contributed by atoms with Crippen molar-refractivity contribution in [3.8, 4) is 0 Å². The molecule has 0 amide bonds. The highest BCUT2D eigenvalue weighted by atomic mass is 16.5. The van der Waals surface area contributed by atoms with Gasteiger partial charge in [-0.05, 0) is 64.7 Å². The summed E-state index contributed by atoms with van der Waals surface area (Å²) >= 11 is 0. The maximum absolute atomic E-state index is 5.79. The number of ether oxygens (including phenoxy) is 1. The number of rotatable bonds is 6. The molecule has 0 aliphatic carbocycles. The van der Waals surface area contributed by atoms with Crippen molar-refractivity contribution >= 4 is 0 Å². The van der Waals surface area contributed by atoms with E-state index < -0.39 is 0 Å². The molecular weight excluding hydrogens is 212 g/mol. The molecule has 17 heavy (non-hydrogen) atoms. The van der Waals surface area contributed by atoms with E-state index in [1.807, 2.05) is 0 Å². The van der Waals surface area contributed by atoms with Crippen LogP contribution < -0.4 is 5.32 Å². The van der Waals surface area contributed by atoms with Gasteiger partial charge in [-0.3, -0.25) is 0 Å². The summed E-state index contributed by atoms with van der Waals surface area (Å²) in [5.74, 6) is 0.868. The van der Waals surface area contributed by atoms with Crippen LogP contribution in [0.4, 0.5) is 0 Å². The molecule has 1 N–H and O–H groups in total. The lowest BCUT2D eigenvalue weighted by Gasteiger charge is -2.32. The molecule has 0 aromatic rings. The van der Waals surface area contributed by atoms with Crippen LogP contribution >= 0.6 is 0 Å². The smallest absolute Gasteiger partial charge is 0.0480 e. The fraction of sp³-hybridized carbons (Fsp3) is 1.00. The lowest BCUT2D eigenvalue weighted by molar-refractivity contribution is 0.0853. The van der Waals surface area contributed by atoms with Crippen LogP contribution in [0.3, 0.4) is 0 Å². The topological polar surface area (TPSA) is 24.5 Å². The van der Waals surface area contributed by atoms with E-state index in [0.29, 0.717) is 0 Å². The van der Waals surface area contributed by atoms with E-state index in [0.717, 1.165) is 25.2 Å². The Balaban J connectivity index is 1.47. The molecule has 2 fully saturated rings.